The first-order valence-electron chi connectivity index (χ1n) is 3.21. The molecule has 1 aliphatic rings. The van der Waals surface area contributed by atoms with Gasteiger partial charge in [-0.1, -0.05) is 0 Å². The zero-order valence-corrected chi connectivity index (χ0v) is 5.89. The van der Waals surface area contributed by atoms with Crippen LogP contribution in [-0.2, 0) is 9.59 Å². The van der Waals surface area contributed by atoms with Crippen LogP contribution in [0.3, 0.4) is 0 Å². The Balaban J connectivity index is 2.57. The number of amides is 2. The molecule has 1 aliphatic heterocycles. The number of rotatable bonds is 0. The van der Waals surface area contributed by atoms with E-state index in [2.05, 4.69) is 5.32 Å². The quantitative estimate of drug-likeness (QED) is 0.470. The van der Waals surface area contributed by atoms with Crippen molar-refractivity contribution in [2.75, 3.05) is 20.1 Å². The fourth-order valence-corrected chi connectivity index (χ4v) is 0.859. The number of likely N-dealkylation sites (N-methyl/N-ethyl adjacent to an activating group) is 1. The first-order valence-corrected chi connectivity index (χ1v) is 3.21. The summed E-state index contributed by atoms with van der Waals surface area (Å²) >= 11 is 0. The zero-order valence-electron chi connectivity index (χ0n) is 5.89. The molecule has 0 bridgehead atoms. The first kappa shape index (κ1) is 7.05. The van der Waals surface area contributed by atoms with E-state index in [1.54, 1.807) is 7.05 Å². The highest BCUT2D eigenvalue weighted by atomic mass is 16.2. The molecule has 0 aromatic carbocycles. The van der Waals surface area contributed by atoms with E-state index in [1.807, 2.05) is 0 Å². The minimum atomic E-state index is -0.0756. The van der Waals surface area contributed by atoms with Crippen molar-refractivity contribution in [2.24, 2.45) is 0 Å². The maximum Gasteiger partial charge on any atom is 0.239 e. The number of carbonyl (C=O) groups excluding carboxylic acids is 2. The van der Waals surface area contributed by atoms with Crippen molar-refractivity contribution in [3.63, 3.8) is 0 Å². The summed E-state index contributed by atoms with van der Waals surface area (Å²) in [5.41, 5.74) is 0. The number of hydrogen-bond acceptors (Lipinski definition) is 2. The summed E-state index contributed by atoms with van der Waals surface area (Å²) < 4.78 is 0. The molecule has 56 valence electrons. The predicted octanol–water partition coefficient (Wildman–Crippen LogP) is -1.04. The van der Waals surface area contributed by atoms with Crippen molar-refractivity contribution < 1.29 is 9.59 Å². The molecule has 10 heavy (non-hydrogen) atoms. The van der Waals surface area contributed by atoms with Gasteiger partial charge in [-0.25, -0.2) is 0 Å². The van der Waals surface area contributed by atoms with Crippen LogP contribution in [0.5, 0.6) is 0 Å². The smallest absolute Gasteiger partial charge is 0.239 e. The molecule has 4 heteroatoms. The Labute approximate surface area is 59.2 Å². The van der Waals surface area contributed by atoms with Gasteiger partial charge in [0.15, 0.2) is 0 Å². The van der Waals surface area contributed by atoms with E-state index in [0.29, 0.717) is 13.0 Å². The number of nitrogens with one attached hydrogen (secondary N) is 1. The summed E-state index contributed by atoms with van der Waals surface area (Å²) in [5, 5.41) is 2.60. The van der Waals surface area contributed by atoms with Gasteiger partial charge in [-0.05, 0) is 0 Å². The predicted molar refractivity (Wildman–Crippen MR) is 35.3 cm³/mol. The van der Waals surface area contributed by atoms with E-state index in [0.717, 1.165) is 0 Å². The molecule has 1 fully saturated rings. The van der Waals surface area contributed by atoms with Crippen LogP contribution in [0.2, 0.25) is 0 Å². The average Bonchev–Trinajstić information content (AvgIpc) is 1.96. The summed E-state index contributed by atoms with van der Waals surface area (Å²) in [7, 11) is 1.63. The van der Waals surface area contributed by atoms with Crippen LogP contribution in [0.1, 0.15) is 6.42 Å². The Bertz CT molecular complexity index is 167. The largest absolute Gasteiger partial charge is 0.354 e. The fraction of sp³-hybridized carbons (Fsp3) is 0.667. The van der Waals surface area contributed by atoms with Crippen molar-refractivity contribution in [1.82, 2.24) is 10.2 Å². The molecule has 4 nitrogen and oxygen atoms in total. The third-order valence-electron chi connectivity index (χ3n) is 1.47. The maximum atomic E-state index is 10.9. The summed E-state index contributed by atoms with van der Waals surface area (Å²) in [6.45, 7) is 0.668. The van der Waals surface area contributed by atoms with Gasteiger partial charge in [0, 0.05) is 20.0 Å². The number of carbonyl (C=O) groups is 2. The Hall–Kier alpha value is -1.06. The molecule has 0 saturated carbocycles. The zero-order chi connectivity index (χ0) is 7.56. The third kappa shape index (κ3) is 1.46. The molecule has 1 rings (SSSR count). The van der Waals surface area contributed by atoms with Crippen LogP contribution in [-0.4, -0.2) is 36.9 Å². The van der Waals surface area contributed by atoms with E-state index in [-0.39, 0.29) is 18.4 Å². The van der Waals surface area contributed by atoms with E-state index in [1.165, 1.54) is 4.90 Å². The van der Waals surface area contributed by atoms with Gasteiger partial charge in [0.05, 0.1) is 6.54 Å². The topological polar surface area (TPSA) is 49.4 Å². The van der Waals surface area contributed by atoms with Crippen LogP contribution in [0.25, 0.3) is 0 Å². The van der Waals surface area contributed by atoms with Crippen LogP contribution in [0, 0.1) is 0 Å². The lowest BCUT2D eigenvalue weighted by Crippen LogP contribution is -2.32. The minimum absolute atomic E-state index is 0.0263. The SMILES string of the molecule is CN1CC(=O)NCCC1=O. The monoisotopic (exact) mass is 142 g/mol. The fourth-order valence-electron chi connectivity index (χ4n) is 0.859. The van der Waals surface area contributed by atoms with E-state index >= 15 is 0 Å². The summed E-state index contributed by atoms with van der Waals surface area (Å²) in [6, 6.07) is 0. The second kappa shape index (κ2) is 2.68. The molecule has 0 aliphatic carbocycles. The average molecular weight is 142 g/mol. The molecule has 0 aromatic rings. The Morgan fingerprint density at radius 3 is 2.90 bits per heavy atom. The Kier molecular flexibility index (Phi) is 1.89. The maximum absolute atomic E-state index is 10.9. The second-order valence-electron chi connectivity index (χ2n) is 2.35. The molecule has 2 amide bonds. The highest BCUT2D eigenvalue weighted by molar-refractivity contribution is 5.86. The number of nitrogens with zero attached hydrogens (tertiary/aromatic N) is 1. The standard InChI is InChI=1S/C6H10N2O2/c1-8-4-5(9)7-3-2-6(8)10/h2-4H2,1H3,(H,7,9). The van der Waals surface area contributed by atoms with Crippen LogP contribution >= 0.6 is 0 Å². The summed E-state index contributed by atoms with van der Waals surface area (Å²) in [4.78, 5) is 23.1. The van der Waals surface area contributed by atoms with Gasteiger partial charge >= 0.3 is 0 Å². The molecule has 0 aromatic heterocycles. The van der Waals surface area contributed by atoms with Crippen molar-refractivity contribution >= 4 is 11.8 Å². The van der Waals surface area contributed by atoms with E-state index < -0.39 is 0 Å². The molecular formula is C6H10N2O2. The van der Waals surface area contributed by atoms with Crippen molar-refractivity contribution in [2.45, 2.75) is 6.42 Å². The lowest BCUT2D eigenvalue weighted by atomic mass is 10.4. The van der Waals surface area contributed by atoms with E-state index in [4.69, 9.17) is 0 Å². The van der Waals surface area contributed by atoms with Gasteiger partial charge in [0.25, 0.3) is 0 Å². The molecule has 0 spiro atoms. The van der Waals surface area contributed by atoms with Crippen molar-refractivity contribution in [3.05, 3.63) is 0 Å². The van der Waals surface area contributed by atoms with Crippen LogP contribution in [0.4, 0.5) is 0 Å². The molecular weight excluding hydrogens is 132 g/mol. The highest BCUT2D eigenvalue weighted by Gasteiger charge is 2.16. The first-order chi connectivity index (χ1) is 4.70. The Morgan fingerprint density at radius 2 is 2.20 bits per heavy atom. The van der Waals surface area contributed by atoms with E-state index in [9.17, 15) is 9.59 Å². The number of hydrogen-bond donors (Lipinski definition) is 1. The molecule has 0 unspecified atom stereocenters. The van der Waals surface area contributed by atoms with Gasteiger partial charge in [0.2, 0.25) is 11.8 Å². The minimum Gasteiger partial charge on any atom is -0.354 e. The summed E-state index contributed by atoms with van der Waals surface area (Å²) in [5.74, 6) is -0.0494. The van der Waals surface area contributed by atoms with Gasteiger partial charge in [-0.15, -0.1) is 0 Å². The van der Waals surface area contributed by atoms with Gasteiger partial charge in [0.1, 0.15) is 0 Å². The summed E-state index contributed by atoms with van der Waals surface area (Å²) in [6.07, 6.45) is 0.419. The second-order valence-corrected chi connectivity index (χ2v) is 2.35. The van der Waals surface area contributed by atoms with Gasteiger partial charge in [-0.3, -0.25) is 9.59 Å². The molecule has 0 atom stereocenters. The lowest BCUT2D eigenvalue weighted by molar-refractivity contribution is -0.132. The van der Waals surface area contributed by atoms with Crippen molar-refractivity contribution in [3.8, 4) is 0 Å². The molecule has 0 radical (unpaired) electrons. The molecule has 1 saturated heterocycles. The van der Waals surface area contributed by atoms with Gasteiger partial charge in [-0.2, -0.15) is 0 Å². The Morgan fingerprint density at radius 1 is 1.50 bits per heavy atom. The normalized spacial score (nSPS) is 20.3. The third-order valence-corrected chi connectivity index (χ3v) is 1.47. The van der Waals surface area contributed by atoms with Crippen molar-refractivity contribution in [1.29, 1.82) is 0 Å². The van der Waals surface area contributed by atoms with Crippen LogP contribution < -0.4 is 5.32 Å². The molecule has 1 heterocycles. The van der Waals surface area contributed by atoms with Crippen LogP contribution in [0.15, 0.2) is 0 Å². The highest BCUT2D eigenvalue weighted by Crippen LogP contribution is 1.93. The van der Waals surface area contributed by atoms with Gasteiger partial charge < -0.3 is 10.2 Å². The molecule has 1 N–H and O–H groups in total. The lowest BCUT2D eigenvalue weighted by Gasteiger charge is -2.10.